The molecular formula is C15H18BrN3O2. The van der Waals surface area contributed by atoms with E-state index in [1.165, 1.54) is 0 Å². The predicted octanol–water partition coefficient (Wildman–Crippen LogP) is 2.99. The number of rotatable bonds is 7. The van der Waals surface area contributed by atoms with E-state index in [2.05, 4.69) is 25.9 Å². The molecule has 0 atom stereocenters. The van der Waals surface area contributed by atoms with Crippen LogP contribution in [0.15, 0.2) is 41.1 Å². The molecule has 1 aromatic heterocycles. The lowest BCUT2D eigenvalue weighted by atomic mass is 10.3. The normalized spacial score (nSPS) is 10.4. The quantitative estimate of drug-likeness (QED) is 0.780. The smallest absolute Gasteiger partial charge is 0.222 e. The maximum absolute atomic E-state index is 11.9. The van der Waals surface area contributed by atoms with Crippen molar-refractivity contribution in [3.8, 4) is 5.75 Å². The summed E-state index contributed by atoms with van der Waals surface area (Å²) in [4.78, 5) is 20.7. The van der Waals surface area contributed by atoms with Crippen molar-refractivity contribution < 1.29 is 9.53 Å². The lowest BCUT2D eigenvalue weighted by Gasteiger charge is -2.15. The van der Waals surface area contributed by atoms with Gasteiger partial charge in [0.1, 0.15) is 11.6 Å². The summed E-state index contributed by atoms with van der Waals surface area (Å²) in [5.74, 6) is 1.69. The lowest BCUT2D eigenvalue weighted by Crippen LogP contribution is -2.26. The van der Waals surface area contributed by atoms with Crippen LogP contribution in [0.2, 0.25) is 0 Å². The molecule has 5 nitrogen and oxygen atoms in total. The first-order chi connectivity index (χ1) is 10.1. The number of aromatic amines is 1. The number of amides is 1. The van der Waals surface area contributed by atoms with Crippen LogP contribution in [0.5, 0.6) is 5.75 Å². The number of ether oxygens (including phenoxy) is 1. The van der Waals surface area contributed by atoms with Gasteiger partial charge in [-0.3, -0.25) is 4.79 Å². The molecule has 1 N–H and O–H groups in total. The number of hydrogen-bond donors (Lipinski definition) is 1. The number of nitrogens with zero attached hydrogens (tertiary/aromatic N) is 2. The Morgan fingerprint density at radius 1 is 1.38 bits per heavy atom. The fraction of sp³-hybridized carbons (Fsp3) is 0.333. The maximum atomic E-state index is 11.9. The van der Waals surface area contributed by atoms with Crippen molar-refractivity contribution in [2.75, 3.05) is 13.7 Å². The molecule has 1 aromatic carbocycles. The van der Waals surface area contributed by atoms with E-state index in [-0.39, 0.29) is 5.91 Å². The van der Waals surface area contributed by atoms with E-state index in [9.17, 15) is 4.79 Å². The summed E-state index contributed by atoms with van der Waals surface area (Å²) < 4.78 is 6.61. The highest BCUT2D eigenvalue weighted by atomic mass is 79.9. The van der Waals surface area contributed by atoms with Gasteiger partial charge in [0.05, 0.1) is 13.2 Å². The van der Waals surface area contributed by atoms with Gasteiger partial charge in [-0.2, -0.15) is 0 Å². The molecule has 1 heterocycles. The van der Waals surface area contributed by atoms with Gasteiger partial charge in [-0.25, -0.2) is 4.98 Å². The lowest BCUT2D eigenvalue weighted by molar-refractivity contribution is -0.130. The minimum Gasteiger partial charge on any atom is -0.494 e. The van der Waals surface area contributed by atoms with Crippen molar-refractivity contribution in [1.82, 2.24) is 14.9 Å². The van der Waals surface area contributed by atoms with Gasteiger partial charge >= 0.3 is 0 Å². The molecule has 21 heavy (non-hydrogen) atoms. The summed E-state index contributed by atoms with van der Waals surface area (Å²) in [7, 11) is 1.78. The standard InChI is InChI=1S/C15H18BrN3O2/c1-19(11-14-17-8-9-18-14)15(20)3-2-10-21-13-6-4-12(16)5-7-13/h4-9H,2-3,10-11H2,1H3,(H,17,18). The van der Waals surface area contributed by atoms with Gasteiger partial charge in [-0.05, 0) is 30.7 Å². The van der Waals surface area contributed by atoms with E-state index < -0.39 is 0 Å². The fourth-order valence-corrected chi connectivity index (χ4v) is 2.10. The number of aromatic nitrogens is 2. The Morgan fingerprint density at radius 2 is 2.14 bits per heavy atom. The van der Waals surface area contributed by atoms with Crippen molar-refractivity contribution in [2.24, 2.45) is 0 Å². The minimum atomic E-state index is 0.0887. The van der Waals surface area contributed by atoms with Gasteiger partial charge in [0.2, 0.25) is 5.91 Å². The molecule has 2 rings (SSSR count). The largest absolute Gasteiger partial charge is 0.494 e. The SMILES string of the molecule is CN(Cc1ncc[nH]1)C(=O)CCCOc1ccc(Br)cc1. The molecule has 6 heteroatoms. The minimum absolute atomic E-state index is 0.0887. The highest BCUT2D eigenvalue weighted by Gasteiger charge is 2.10. The highest BCUT2D eigenvalue weighted by Crippen LogP contribution is 2.16. The van der Waals surface area contributed by atoms with Crippen LogP contribution < -0.4 is 4.74 Å². The average Bonchev–Trinajstić information content (AvgIpc) is 2.98. The molecule has 0 fully saturated rings. The Labute approximate surface area is 132 Å². The molecule has 0 radical (unpaired) electrons. The predicted molar refractivity (Wildman–Crippen MR) is 83.9 cm³/mol. The van der Waals surface area contributed by atoms with Crippen molar-refractivity contribution in [2.45, 2.75) is 19.4 Å². The number of hydrogen-bond acceptors (Lipinski definition) is 3. The fourth-order valence-electron chi connectivity index (χ4n) is 1.83. The summed E-state index contributed by atoms with van der Waals surface area (Å²) in [6.45, 7) is 1.03. The van der Waals surface area contributed by atoms with Gasteiger partial charge in [0, 0.05) is 30.3 Å². The van der Waals surface area contributed by atoms with Gasteiger partial charge in [-0.15, -0.1) is 0 Å². The molecule has 0 saturated carbocycles. The molecular weight excluding hydrogens is 334 g/mol. The molecule has 0 aliphatic heterocycles. The molecule has 2 aromatic rings. The topological polar surface area (TPSA) is 58.2 Å². The first kappa shape index (κ1) is 15.6. The first-order valence-corrected chi connectivity index (χ1v) is 7.55. The monoisotopic (exact) mass is 351 g/mol. The van der Waals surface area contributed by atoms with Gasteiger partial charge < -0.3 is 14.6 Å². The van der Waals surface area contributed by atoms with Crippen molar-refractivity contribution in [3.05, 3.63) is 47.0 Å². The third kappa shape index (κ3) is 5.23. The Bertz CT molecular complexity index is 555. The molecule has 112 valence electrons. The van der Waals surface area contributed by atoms with Crippen LogP contribution in [0.3, 0.4) is 0 Å². The number of imidazole rings is 1. The van der Waals surface area contributed by atoms with Crippen molar-refractivity contribution in [1.29, 1.82) is 0 Å². The van der Waals surface area contributed by atoms with Crippen molar-refractivity contribution in [3.63, 3.8) is 0 Å². The van der Waals surface area contributed by atoms with Crippen molar-refractivity contribution >= 4 is 21.8 Å². The zero-order chi connectivity index (χ0) is 15.1. The second-order valence-corrected chi connectivity index (χ2v) is 5.61. The molecule has 0 aliphatic carbocycles. The van der Waals surface area contributed by atoms with E-state index in [0.717, 1.165) is 16.0 Å². The summed E-state index contributed by atoms with van der Waals surface area (Å²) in [5, 5.41) is 0. The second kappa shape index (κ2) is 7.83. The summed E-state index contributed by atoms with van der Waals surface area (Å²) >= 11 is 3.37. The number of carbonyl (C=O) groups excluding carboxylic acids is 1. The Kier molecular flexibility index (Phi) is 5.80. The Balaban J connectivity index is 1.65. The number of halogens is 1. The van der Waals surface area contributed by atoms with Gasteiger partial charge in [-0.1, -0.05) is 15.9 Å². The highest BCUT2D eigenvalue weighted by molar-refractivity contribution is 9.10. The number of carbonyl (C=O) groups is 1. The Morgan fingerprint density at radius 3 is 2.81 bits per heavy atom. The Hall–Kier alpha value is -1.82. The van der Waals surface area contributed by atoms with Crippen LogP contribution in [-0.4, -0.2) is 34.4 Å². The number of nitrogens with one attached hydrogen (secondary N) is 1. The van der Waals surface area contributed by atoms with E-state index in [1.54, 1.807) is 24.3 Å². The van der Waals surface area contributed by atoms with Crippen LogP contribution in [0.4, 0.5) is 0 Å². The molecule has 0 spiro atoms. The third-order valence-electron chi connectivity index (χ3n) is 2.98. The number of benzene rings is 1. The molecule has 1 amide bonds. The van der Waals surface area contributed by atoms with Crippen LogP contribution in [-0.2, 0) is 11.3 Å². The van der Waals surface area contributed by atoms with Crippen LogP contribution >= 0.6 is 15.9 Å². The van der Waals surface area contributed by atoms with Crippen LogP contribution in [0.25, 0.3) is 0 Å². The number of H-pyrrole nitrogens is 1. The van der Waals surface area contributed by atoms with E-state index in [1.807, 2.05) is 24.3 Å². The van der Waals surface area contributed by atoms with Gasteiger partial charge in [0.25, 0.3) is 0 Å². The zero-order valence-corrected chi connectivity index (χ0v) is 13.5. The van der Waals surface area contributed by atoms with Crippen LogP contribution in [0.1, 0.15) is 18.7 Å². The van der Waals surface area contributed by atoms with E-state index in [4.69, 9.17) is 4.74 Å². The maximum Gasteiger partial charge on any atom is 0.222 e. The summed E-state index contributed by atoms with van der Waals surface area (Å²) in [5.41, 5.74) is 0. The molecule has 0 saturated heterocycles. The van der Waals surface area contributed by atoms with E-state index in [0.29, 0.717) is 26.0 Å². The summed E-state index contributed by atoms with van der Waals surface area (Å²) in [6, 6.07) is 7.65. The molecule has 0 unspecified atom stereocenters. The van der Waals surface area contributed by atoms with E-state index >= 15 is 0 Å². The molecule has 0 aliphatic rings. The average molecular weight is 352 g/mol. The van der Waals surface area contributed by atoms with Gasteiger partial charge in [0.15, 0.2) is 0 Å². The zero-order valence-electron chi connectivity index (χ0n) is 11.9. The first-order valence-electron chi connectivity index (χ1n) is 6.76. The third-order valence-corrected chi connectivity index (χ3v) is 3.51. The molecule has 0 bridgehead atoms. The second-order valence-electron chi connectivity index (χ2n) is 4.69. The van der Waals surface area contributed by atoms with Crippen LogP contribution in [0, 0.1) is 0 Å². The summed E-state index contributed by atoms with van der Waals surface area (Å²) in [6.07, 6.45) is 4.59.